The second-order valence-corrected chi connectivity index (χ2v) is 9.01. The average Bonchev–Trinajstić information content (AvgIpc) is 2.75. The number of carbonyl (C=O) groups is 2. The van der Waals surface area contributed by atoms with Gasteiger partial charge in [-0.3, -0.25) is 4.79 Å². The van der Waals surface area contributed by atoms with Crippen LogP contribution >= 0.6 is 0 Å². The maximum atomic E-state index is 12.2. The van der Waals surface area contributed by atoms with Gasteiger partial charge in [-0.1, -0.05) is 96.0 Å². The molecule has 0 N–H and O–H groups in total. The van der Waals surface area contributed by atoms with Gasteiger partial charge in [0.05, 0.1) is 12.5 Å². The van der Waals surface area contributed by atoms with Crippen molar-refractivity contribution in [3.8, 4) is 0 Å². The van der Waals surface area contributed by atoms with Crippen LogP contribution in [0.3, 0.4) is 0 Å². The van der Waals surface area contributed by atoms with Crippen molar-refractivity contribution >= 4 is 11.9 Å². The number of carboxylic acid groups (broad SMARTS) is 1. The Morgan fingerprint density at radius 1 is 0.742 bits per heavy atom. The van der Waals surface area contributed by atoms with Crippen molar-refractivity contribution in [1.82, 2.24) is 0 Å². The molecule has 0 aliphatic heterocycles. The Bertz CT molecular complexity index is 466. The minimum absolute atomic E-state index is 0. The molecule has 0 bridgehead atoms. The molecule has 1 rings (SSSR count). The molecule has 0 aromatic heterocycles. The van der Waals surface area contributed by atoms with E-state index in [1.807, 2.05) is 6.08 Å². The zero-order chi connectivity index (χ0) is 21.9. The van der Waals surface area contributed by atoms with Gasteiger partial charge < -0.3 is 14.6 Å². The number of esters is 1. The van der Waals surface area contributed by atoms with Crippen LogP contribution in [-0.4, -0.2) is 18.5 Å². The number of carbonyl (C=O) groups excluding carboxylic acids is 2. The van der Waals surface area contributed by atoms with E-state index in [0.717, 1.165) is 32.1 Å². The Morgan fingerprint density at radius 2 is 1.16 bits per heavy atom. The van der Waals surface area contributed by atoms with E-state index in [0.29, 0.717) is 19.4 Å². The minimum Gasteiger partial charge on any atom is -0.550 e. The van der Waals surface area contributed by atoms with Crippen molar-refractivity contribution in [1.29, 1.82) is 0 Å². The van der Waals surface area contributed by atoms with Gasteiger partial charge in [-0.2, -0.15) is 0 Å². The molecule has 1 fully saturated rings. The number of hydrogen-bond donors (Lipinski definition) is 0. The molecule has 5 heteroatoms. The van der Waals surface area contributed by atoms with Crippen LogP contribution in [0.5, 0.6) is 0 Å². The maximum Gasteiger partial charge on any atom is 1.00 e. The van der Waals surface area contributed by atoms with Crippen molar-refractivity contribution in [2.24, 2.45) is 11.8 Å². The molecule has 0 heterocycles. The first-order chi connectivity index (χ1) is 14.7. The summed E-state index contributed by atoms with van der Waals surface area (Å²) < 4.78 is 5.35. The van der Waals surface area contributed by atoms with E-state index < -0.39 is 17.8 Å². The molecule has 4 nitrogen and oxygen atoms in total. The molecule has 1 saturated carbocycles. The Balaban J connectivity index is 0.00000900. The van der Waals surface area contributed by atoms with E-state index in [1.165, 1.54) is 77.0 Å². The zero-order valence-corrected chi connectivity index (χ0v) is 22.2. The van der Waals surface area contributed by atoms with E-state index in [1.54, 1.807) is 0 Å². The summed E-state index contributed by atoms with van der Waals surface area (Å²) in [5, 5.41) is 11.2. The smallest absolute Gasteiger partial charge is 0.550 e. The van der Waals surface area contributed by atoms with Crippen LogP contribution in [0.25, 0.3) is 0 Å². The molecule has 2 atom stereocenters. The third-order valence-electron chi connectivity index (χ3n) is 6.42. The summed E-state index contributed by atoms with van der Waals surface area (Å²) in [5.74, 6) is -2.59. The van der Waals surface area contributed by atoms with Crippen LogP contribution in [0.1, 0.15) is 122 Å². The van der Waals surface area contributed by atoms with Gasteiger partial charge >= 0.3 is 35.5 Å². The van der Waals surface area contributed by atoms with Crippen LogP contribution in [0, 0.1) is 11.8 Å². The predicted octanol–water partition coefficient (Wildman–Crippen LogP) is 3.13. The summed E-state index contributed by atoms with van der Waals surface area (Å²) in [5.41, 5.74) is 0. The summed E-state index contributed by atoms with van der Waals surface area (Å²) in [6.45, 7) is 4.18. The molecule has 174 valence electrons. The fourth-order valence-corrected chi connectivity index (χ4v) is 4.49. The first kappa shape index (κ1) is 30.7. The molecule has 2 unspecified atom stereocenters. The standard InChI is InChI=1S/C26H46O4.Na/c1-2-3-4-5-6-7-8-9-10-11-12-13-14-15-16-19-22-30-26(29)24-21-18-17-20-23(24)25(27)28;/h2,23-24H,1,3-22H2,(H,27,28);/q;+1/p-1. The van der Waals surface area contributed by atoms with E-state index in [2.05, 4.69) is 6.58 Å². The molecule has 0 amide bonds. The number of ether oxygens (including phenoxy) is 1. The first-order valence-corrected chi connectivity index (χ1v) is 12.6. The predicted molar refractivity (Wildman–Crippen MR) is 121 cm³/mol. The van der Waals surface area contributed by atoms with Crippen molar-refractivity contribution in [3.63, 3.8) is 0 Å². The number of aliphatic carboxylic acids is 1. The van der Waals surface area contributed by atoms with E-state index in [9.17, 15) is 14.7 Å². The summed E-state index contributed by atoms with van der Waals surface area (Å²) in [6.07, 6.45) is 24.0. The number of hydrogen-bond acceptors (Lipinski definition) is 4. The second kappa shape index (κ2) is 21.5. The van der Waals surface area contributed by atoms with Gasteiger partial charge in [-0.25, -0.2) is 0 Å². The minimum atomic E-state index is -1.10. The molecule has 0 aromatic rings. The summed E-state index contributed by atoms with van der Waals surface area (Å²) in [7, 11) is 0. The van der Waals surface area contributed by atoms with Crippen molar-refractivity contribution in [2.45, 2.75) is 122 Å². The number of unbranched alkanes of at least 4 members (excludes halogenated alkanes) is 14. The van der Waals surface area contributed by atoms with Gasteiger partial charge in [-0.15, -0.1) is 6.58 Å². The van der Waals surface area contributed by atoms with Crippen LogP contribution < -0.4 is 34.7 Å². The van der Waals surface area contributed by atoms with Gasteiger partial charge in [0.2, 0.25) is 0 Å². The largest absolute Gasteiger partial charge is 1.00 e. The molecular weight excluding hydrogens is 399 g/mol. The average molecular weight is 445 g/mol. The van der Waals surface area contributed by atoms with Crippen molar-refractivity contribution in [2.75, 3.05) is 6.61 Å². The number of allylic oxidation sites excluding steroid dienone is 1. The quantitative estimate of drug-likeness (QED) is 0.133. The fourth-order valence-electron chi connectivity index (χ4n) is 4.49. The zero-order valence-electron chi connectivity index (χ0n) is 20.2. The molecule has 0 spiro atoms. The Labute approximate surface area is 213 Å². The van der Waals surface area contributed by atoms with Gasteiger partial charge in [0, 0.05) is 11.9 Å². The van der Waals surface area contributed by atoms with Crippen molar-refractivity contribution < 1.29 is 49.0 Å². The topological polar surface area (TPSA) is 66.4 Å². The Hall–Kier alpha value is -0.320. The molecule has 1 aliphatic rings. The third-order valence-corrected chi connectivity index (χ3v) is 6.42. The molecule has 0 aromatic carbocycles. The fraction of sp³-hybridized carbons (Fsp3) is 0.846. The van der Waals surface area contributed by atoms with Gasteiger partial charge in [0.25, 0.3) is 0 Å². The SMILES string of the molecule is C=CCCCCCCCCCCCCCCCCOC(=O)C1CCCCC1C(=O)[O-].[Na+]. The van der Waals surface area contributed by atoms with E-state index >= 15 is 0 Å². The molecule has 31 heavy (non-hydrogen) atoms. The molecule has 0 radical (unpaired) electrons. The first-order valence-electron chi connectivity index (χ1n) is 12.6. The molecule has 1 aliphatic carbocycles. The Kier molecular flexibility index (Phi) is 21.3. The van der Waals surface area contributed by atoms with Gasteiger partial charge in [0.15, 0.2) is 0 Å². The second-order valence-electron chi connectivity index (χ2n) is 9.01. The van der Waals surface area contributed by atoms with Crippen molar-refractivity contribution in [3.05, 3.63) is 12.7 Å². The molecular formula is C26H45NaO4. The van der Waals surface area contributed by atoms with Crippen LogP contribution in [0.4, 0.5) is 0 Å². The Morgan fingerprint density at radius 3 is 1.61 bits per heavy atom. The van der Waals surface area contributed by atoms with Crippen LogP contribution in [-0.2, 0) is 14.3 Å². The van der Waals surface area contributed by atoms with E-state index in [-0.39, 0.29) is 35.5 Å². The van der Waals surface area contributed by atoms with E-state index in [4.69, 9.17) is 4.74 Å². The third kappa shape index (κ3) is 16.0. The van der Waals surface area contributed by atoms with Gasteiger partial charge in [0.1, 0.15) is 0 Å². The monoisotopic (exact) mass is 444 g/mol. The number of carboxylic acids is 1. The molecule has 0 saturated heterocycles. The summed E-state index contributed by atoms with van der Waals surface area (Å²) in [6, 6.07) is 0. The summed E-state index contributed by atoms with van der Waals surface area (Å²) in [4.78, 5) is 23.3. The van der Waals surface area contributed by atoms with Crippen LogP contribution in [0.15, 0.2) is 12.7 Å². The van der Waals surface area contributed by atoms with Gasteiger partial charge in [-0.05, 0) is 32.1 Å². The summed E-state index contributed by atoms with van der Waals surface area (Å²) >= 11 is 0. The number of rotatable bonds is 19. The van der Waals surface area contributed by atoms with Crippen LogP contribution in [0.2, 0.25) is 0 Å². The maximum absolute atomic E-state index is 12.2. The normalized spacial score (nSPS) is 18.2.